The fourth-order valence-electron chi connectivity index (χ4n) is 4.85. The van der Waals surface area contributed by atoms with Crippen molar-refractivity contribution in [2.75, 3.05) is 22.9 Å². The number of anilines is 4. The van der Waals surface area contributed by atoms with Crippen LogP contribution in [0.25, 0.3) is 22.3 Å². The average molecular weight is 1090 g/mol. The summed E-state index contributed by atoms with van der Waals surface area (Å²) in [4.78, 5) is 14.9. The average Bonchev–Trinajstić information content (AvgIpc) is 4.04. The molecular weight excluding hydrogens is 1040 g/mol. The zero-order valence-electron chi connectivity index (χ0n) is 37.0. The zero-order valence-corrected chi connectivity index (χ0v) is 41.9. The first-order valence-electron chi connectivity index (χ1n) is 18.7. The van der Waals surface area contributed by atoms with E-state index in [1.54, 1.807) is 59.1 Å². The van der Waals surface area contributed by atoms with Gasteiger partial charge in [0.25, 0.3) is 0 Å². The molecule has 0 aromatic carbocycles. The Morgan fingerprint density at radius 3 is 1.49 bits per heavy atom. The standard InChI is InChI=1S/C10H17BN2O2.C9H8BrFN4.C9H9FN4.C5H4BrFN2.C5H5FN2.2BHNS/c1-9(2)10(3,4)15-11(14-9)8-6-12-13(5)7-8;1-15-4-5(2-14-15)6-3-13-9(12)7(10)8(6)11;1-14-5-6(3-13-14)7-4-12-9(11)2-8(7)10;6-3-2-9-5(8)1-4(3)7;6-4-1-2-8-5(7)3-4;2*1-2-3/h6-7H,1-5H3;2-4H,1H3,(H2,12,13);2-5H,1H3,(H2,11,12);1-2H,(H2,8,9);1-3H,(H2,7,8);2*3H. The predicted octanol–water partition coefficient (Wildman–Crippen LogP) is 6.62. The van der Waals surface area contributed by atoms with Crippen LogP contribution >= 0.6 is 57.5 Å². The SMILES string of the molecule is Cn1cc(-c2cnc(N)c(Br)c2F)cn1.Cn1cc(-c2cnc(N)cc2F)cn1.Cn1cc(B2OC(C)(C)C(C)(C)O2)cn1.Nc1cc(F)c(Br)cn1.Nc1cc(F)ccn1.[B]=NS.[B]=NS. The summed E-state index contributed by atoms with van der Waals surface area (Å²) < 4.78 is 74.2. The quantitative estimate of drug-likeness (QED) is 0.0619. The van der Waals surface area contributed by atoms with E-state index < -0.39 is 5.82 Å². The number of pyridine rings is 4. The molecule has 0 saturated carbocycles. The Hall–Kier alpha value is -5.48. The van der Waals surface area contributed by atoms with E-state index in [0.717, 1.165) is 11.5 Å². The van der Waals surface area contributed by atoms with E-state index in [9.17, 15) is 17.6 Å². The molecule has 1 aliphatic heterocycles. The van der Waals surface area contributed by atoms with Crippen LogP contribution in [0.5, 0.6) is 0 Å². The molecule has 8 rings (SSSR count). The summed E-state index contributed by atoms with van der Waals surface area (Å²) in [5.74, 6) is -0.822. The summed E-state index contributed by atoms with van der Waals surface area (Å²) in [6, 6.07) is 4.77. The van der Waals surface area contributed by atoms with Crippen LogP contribution in [0.15, 0.2) is 104 Å². The van der Waals surface area contributed by atoms with Crippen LogP contribution in [0.4, 0.5) is 40.8 Å². The van der Waals surface area contributed by atoms with Gasteiger partial charge in [0.2, 0.25) is 0 Å². The molecule has 8 N–H and O–H groups in total. The van der Waals surface area contributed by atoms with Crippen LogP contribution in [0.3, 0.4) is 0 Å². The zero-order chi connectivity index (χ0) is 50.6. The molecule has 7 aromatic rings. The first kappa shape index (κ1) is 57.7. The number of aromatic nitrogens is 10. The minimum atomic E-state index is -0.421. The molecule has 352 valence electrons. The number of thiol groups is 2. The van der Waals surface area contributed by atoms with E-state index in [1.807, 2.05) is 40.9 Å². The number of nitrogen functional groups attached to an aromatic ring is 4. The van der Waals surface area contributed by atoms with Gasteiger partial charge >= 0.3 is 56.6 Å². The van der Waals surface area contributed by atoms with Crippen LogP contribution in [0.2, 0.25) is 0 Å². The normalized spacial score (nSPS) is 12.5. The molecule has 18 nitrogen and oxygen atoms in total. The first-order chi connectivity index (χ1) is 31.4. The van der Waals surface area contributed by atoms with Gasteiger partial charge < -0.3 is 32.2 Å². The van der Waals surface area contributed by atoms with Crippen molar-refractivity contribution in [3.63, 3.8) is 0 Å². The molecule has 0 bridgehead atoms. The van der Waals surface area contributed by atoms with Crippen molar-refractivity contribution in [3.05, 3.63) is 118 Å². The van der Waals surface area contributed by atoms with Gasteiger partial charge in [-0.15, -0.1) is 0 Å². The Kier molecular flexibility index (Phi) is 23.5. The number of aryl methyl sites for hydroxylation is 3. The molecule has 0 aliphatic carbocycles. The molecule has 2 radical (unpaired) electrons. The fourth-order valence-corrected chi connectivity index (χ4v) is 5.38. The number of nitrogens with zero attached hydrogens (tertiary/aromatic N) is 12. The molecule has 7 aromatic heterocycles. The second-order valence-corrected chi connectivity index (χ2v) is 16.4. The van der Waals surface area contributed by atoms with Gasteiger partial charge in [0.05, 0.1) is 32.5 Å². The van der Waals surface area contributed by atoms with Crippen LogP contribution in [-0.4, -0.2) is 82.9 Å². The van der Waals surface area contributed by atoms with Crippen molar-refractivity contribution in [2.24, 2.45) is 29.7 Å². The number of nitrogens with two attached hydrogens (primary N) is 4. The Balaban J connectivity index is 0.000000284. The van der Waals surface area contributed by atoms with Gasteiger partial charge in [0.15, 0.2) is 5.82 Å². The molecule has 0 spiro atoms. The number of hydrogen-bond acceptors (Lipinski definition) is 17. The molecule has 8 heterocycles. The monoisotopic (exact) mass is 1090 g/mol. The third-order valence-corrected chi connectivity index (χ3v) is 10.1. The van der Waals surface area contributed by atoms with Gasteiger partial charge in [-0.2, -0.15) is 15.3 Å². The molecule has 1 fully saturated rings. The summed E-state index contributed by atoms with van der Waals surface area (Å²) in [5, 5.41) is 12.0. The third-order valence-electron chi connectivity index (χ3n) is 8.72. The van der Waals surface area contributed by atoms with Gasteiger partial charge in [-0.3, -0.25) is 14.0 Å². The number of hydrogen-bond donors (Lipinski definition) is 6. The molecule has 67 heavy (non-hydrogen) atoms. The summed E-state index contributed by atoms with van der Waals surface area (Å²) in [6.07, 6.45) is 15.7. The van der Waals surface area contributed by atoms with E-state index in [2.05, 4.69) is 117 Å². The first-order valence-corrected chi connectivity index (χ1v) is 21.1. The van der Waals surface area contributed by atoms with E-state index in [1.165, 1.54) is 43.0 Å². The molecule has 0 amide bonds. The van der Waals surface area contributed by atoms with Gasteiger partial charge in [-0.25, -0.2) is 37.5 Å². The number of rotatable bonds is 3. The second-order valence-electron chi connectivity index (χ2n) is 14.3. The van der Waals surface area contributed by atoms with Gasteiger partial charge in [0, 0.05) is 117 Å². The molecule has 0 atom stereocenters. The third kappa shape index (κ3) is 18.6. The van der Waals surface area contributed by atoms with Crippen molar-refractivity contribution in [1.82, 2.24) is 49.3 Å². The van der Waals surface area contributed by atoms with E-state index >= 15 is 0 Å². The summed E-state index contributed by atoms with van der Waals surface area (Å²) >= 11 is 12.4. The summed E-state index contributed by atoms with van der Waals surface area (Å²) in [6.45, 7) is 8.18. The maximum absolute atomic E-state index is 13.8. The minimum absolute atomic E-state index is 0.139. The maximum atomic E-state index is 13.8. The Bertz CT molecular complexity index is 2650. The molecule has 0 unspecified atom stereocenters. The summed E-state index contributed by atoms with van der Waals surface area (Å²) in [7, 11) is 13.8. The van der Waals surface area contributed by atoms with Crippen molar-refractivity contribution in [3.8, 4) is 22.3 Å². The van der Waals surface area contributed by atoms with Crippen LogP contribution in [0.1, 0.15) is 27.7 Å². The van der Waals surface area contributed by atoms with Crippen molar-refractivity contribution in [2.45, 2.75) is 38.9 Å². The van der Waals surface area contributed by atoms with Gasteiger partial charge in [-0.05, 0) is 65.6 Å². The van der Waals surface area contributed by atoms with Crippen molar-refractivity contribution in [1.29, 1.82) is 0 Å². The molecule has 1 aliphatic rings. The molecule has 1 saturated heterocycles. The van der Waals surface area contributed by atoms with Crippen LogP contribution in [0, 0.1) is 23.3 Å². The molecule has 29 heteroatoms. The van der Waals surface area contributed by atoms with E-state index in [-0.39, 0.29) is 63.5 Å². The van der Waals surface area contributed by atoms with Crippen LogP contribution in [-0.2, 0) is 30.5 Å². The predicted molar refractivity (Wildman–Crippen MR) is 267 cm³/mol. The van der Waals surface area contributed by atoms with Crippen molar-refractivity contribution >= 4 is 109 Å². The van der Waals surface area contributed by atoms with Crippen molar-refractivity contribution < 1.29 is 26.9 Å². The number of halogens is 6. The summed E-state index contributed by atoms with van der Waals surface area (Å²) in [5.41, 5.74) is 23.6. The Labute approximate surface area is 414 Å². The Morgan fingerprint density at radius 2 is 1.09 bits per heavy atom. The fraction of sp³-hybridized carbons (Fsp3) is 0.237. The topological polar surface area (TPSA) is 252 Å². The van der Waals surface area contributed by atoms with Gasteiger partial charge in [-0.1, -0.05) is 0 Å². The Morgan fingerprint density at radius 1 is 0.642 bits per heavy atom. The second kappa shape index (κ2) is 27.4. The molecular formula is C38H45B3Br2F4N16O2S2. The van der Waals surface area contributed by atoms with E-state index in [4.69, 9.17) is 32.2 Å². The van der Waals surface area contributed by atoms with Gasteiger partial charge in [0.1, 0.15) is 40.7 Å². The van der Waals surface area contributed by atoms with Crippen LogP contribution < -0.4 is 28.4 Å². The van der Waals surface area contributed by atoms with E-state index in [0.29, 0.717) is 26.7 Å².